The van der Waals surface area contributed by atoms with Crippen LogP contribution in [0.15, 0.2) is 35.0 Å². The number of rotatable bonds is 6. The lowest BCUT2D eigenvalue weighted by Crippen LogP contribution is -2.44. The highest BCUT2D eigenvalue weighted by Gasteiger charge is 2.20. The molecule has 2 N–H and O–H groups in total. The van der Waals surface area contributed by atoms with E-state index in [2.05, 4.69) is 27.4 Å². The Labute approximate surface area is 142 Å². The number of hydrogen-bond donors (Lipinski definition) is 2. The van der Waals surface area contributed by atoms with Gasteiger partial charge in [0, 0.05) is 43.4 Å². The molecule has 0 bridgehead atoms. The highest BCUT2D eigenvalue weighted by molar-refractivity contribution is 5.91. The summed E-state index contributed by atoms with van der Waals surface area (Å²) in [7, 11) is 1.72. The van der Waals surface area contributed by atoms with E-state index in [1.54, 1.807) is 19.5 Å². The first kappa shape index (κ1) is 17.8. The topological polar surface area (TPSA) is 61.3 Å². The van der Waals surface area contributed by atoms with Crippen LogP contribution in [0.25, 0.3) is 0 Å². The van der Waals surface area contributed by atoms with E-state index in [4.69, 9.17) is 4.74 Å². The Morgan fingerprint density at radius 3 is 2.96 bits per heavy atom. The lowest BCUT2D eigenvalue weighted by atomic mass is 10.0. The maximum atomic E-state index is 14.2. The van der Waals surface area contributed by atoms with Crippen molar-refractivity contribution in [3.05, 3.63) is 41.9 Å². The van der Waals surface area contributed by atoms with Crippen LogP contribution < -0.4 is 15.5 Å². The van der Waals surface area contributed by atoms with Gasteiger partial charge in [-0.15, -0.1) is 0 Å². The van der Waals surface area contributed by atoms with Crippen molar-refractivity contribution in [2.75, 3.05) is 13.7 Å². The summed E-state index contributed by atoms with van der Waals surface area (Å²) in [6, 6.07) is 3.23. The van der Waals surface area contributed by atoms with Gasteiger partial charge in [-0.2, -0.15) is 5.10 Å². The van der Waals surface area contributed by atoms with Gasteiger partial charge in [0.25, 0.3) is 0 Å². The summed E-state index contributed by atoms with van der Waals surface area (Å²) in [5.74, 6) is 1.06. The normalized spacial score (nSPS) is 13.8. The molecule has 0 unspecified atom stereocenters. The fourth-order valence-electron chi connectivity index (χ4n) is 2.52. The largest absolute Gasteiger partial charge is 0.493 e. The molecule has 2 rings (SSSR count). The fraction of sp³-hybridized carbons (Fsp3) is 0.412. The van der Waals surface area contributed by atoms with Gasteiger partial charge in [-0.1, -0.05) is 6.58 Å². The molecule has 1 aromatic rings. The SMILES string of the molecule is C=C/N=C(/NCc1c(F)ccc2c1CCO2)N(/C=N\NC)C(C)C. The average Bonchev–Trinajstić information content (AvgIpc) is 3.02. The van der Waals surface area contributed by atoms with E-state index in [1.807, 2.05) is 18.7 Å². The molecule has 1 aromatic carbocycles. The van der Waals surface area contributed by atoms with E-state index in [1.165, 1.54) is 12.3 Å². The lowest BCUT2D eigenvalue weighted by molar-refractivity contribution is 0.356. The summed E-state index contributed by atoms with van der Waals surface area (Å²) >= 11 is 0. The number of fused-ring (bicyclic) bond motifs is 1. The number of benzene rings is 1. The monoisotopic (exact) mass is 333 g/mol. The summed E-state index contributed by atoms with van der Waals surface area (Å²) in [4.78, 5) is 6.10. The predicted octanol–water partition coefficient (Wildman–Crippen LogP) is 2.22. The number of ether oxygens (including phenoxy) is 1. The van der Waals surface area contributed by atoms with Gasteiger partial charge >= 0.3 is 0 Å². The summed E-state index contributed by atoms with van der Waals surface area (Å²) in [6.45, 7) is 8.56. The molecule has 0 amide bonds. The highest BCUT2D eigenvalue weighted by Crippen LogP contribution is 2.30. The summed E-state index contributed by atoms with van der Waals surface area (Å²) in [6.07, 6.45) is 3.79. The zero-order chi connectivity index (χ0) is 17.5. The van der Waals surface area contributed by atoms with Gasteiger partial charge in [-0.05, 0) is 26.0 Å². The maximum absolute atomic E-state index is 14.2. The number of hydrazone groups is 1. The molecule has 0 spiro atoms. The van der Waals surface area contributed by atoms with Crippen molar-refractivity contribution < 1.29 is 9.13 Å². The molecule has 130 valence electrons. The highest BCUT2D eigenvalue weighted by atomic mass is 19.1. The smallest absolute Gasteiger partial charge is 0.204 e. The minimum atomic E-state index is -0.246. The minimum absolute atomic E-state index is 0.114. The van der Waals surface area contributed by atoms with Crippen molar-refractivity contribution in [1.29, 1.82) is 0 Å². The molecule has 0 saturated carbocycles. The fourth-order valence-corrected chi connectivity index (χ4v) is 2.52. The van der Waals surface area contributed by atoms with Crippen LogP contribution in [0.4, 0.5) is 4.39 Å². The molecular formula is C17H24FN5O. The number of hydrogen-bond acceptors (Lipinski definition) is 4. The lowest BCUT2D eigenvalue weighted by Gasteiger charge is -2.26. The zero-order valence-corrected chi connectivity index (χ0v) is 14.3. The first-order chi connectivity index (χ1) is 11.6. The quantitative estimate of drug-likeness (QED) is 0.476. The van der Waals surface area contributed by atoms with Crippen molar-refractivity contribution in [3.8, 4) is 5.75 Å². The number of nitrogens with zero attached hydrogens (tertiary/aromatic N) is 3. The van der Waals surface area contributed by atoms with Crippen molar-refractivity contribution in [1.82, 2.24) is 15.6 Å². The second-order valence-electron chi connectivity index (χ2n) is 5.56. The molecule has 0 aliphatic carbocycles. The standard InChI is InChI=1S/C17H24FN5O/c1-5-20-17(23(12(2)3)11-22-19-4)21-10-14-13-8-9-24-16(13)7-6-15(14)18/h5-7,11-12,19H,1,8-10H2,2-4H3,(H,20,21)/b22-11-. The average molecular weight is 333 g/mol. The number of aliphatic imine (C=N–C) groups is 1. The summed E-state index contributed by atoms with van der Waals surface area (Å²) in [5, 5.41) is 7.22. The molecule has 0 aromatic heterocycles. The summed E-state index contributed by atoms with van der Waals surface area (Å²) < 4.78 is 19.7. The number of guanidine groups is 1. The Morgan fingerprint density at radius 2 is 2.29 bits per heavy atom. The first-order valence-corrected chi connectivity index (χ1v) is 7.92. The van der Waals surface area contributed by atoms with E-state index in [0.29, 0.717) is 31.1 Å². The Bertz CT molecular complexity index is 642. The van der Waals surface area contributed by atoms with Crippen LogP contribution in [0.1, 0.15) is 25.0 Å². The third-order valence-electron chi connectivity index (χ3n) is 3.69. The van der Waals surface area contributed by atoms with Crippen molar-refractivity contribution in [2.45, 2.75) is 32.9 Å². The molecule has 0 atom stereocenters. The van der Waals surface area contributed by atoms with Gasteiger partial charge < -0.3 is 15.5 Å². The van der Waals surface area contributed by atoms with Crippen molar-refractivity contribution in [3.63, 3.8) is 0 Å². The molecule has 1 aliphatic heterocycles. The Balaban J connectivity index is 2.21. The van der Waals surface area contributed by atoms with E-state index in [0.717, 1.165) is 11.3 Å². The second-order valence-corrected chi connectivity index (χ2v) is 5.56. The molecule has 0 radical (unpaired) electrons. The van der Waals surface area contributed by atoms with Crippen LogP contribution in [-0.2, 0) is 13.0 Å². The molecule has 1 heterocycles. The van der Waals surface area contributed by atoms with Crippen LogP contribution in [-0.4, -0.2) is 36.9 Å². The minimum Gasteiger partial charge on any atom is -0.493 e. The van der Waals surface area contributed by atoms with E-state index < -0.39 is 0 Å². The van der Waals surface area contributed by atoms with Crippen molar-refractivity contribution >= 4 is 12.3 Å². The van der Waals surface area contributed by atoms with Gasteiger partial charge in [0.05, 0.1) is 6.61 Å². The first-order valence-electron chi connectivity index (χ1n) is 7.92. The van der Waals surface area contributed by atoms with E-state index in [9.17, 15) is 4.39 Å². The predicted molar refractivity (Wildman–Crippen MR) is 94.6 cm³/mol. The van der Waals surface area contributed by atoms with E-state index in [-0.39, 0.29) is 11.9 Å². The molecule has 24 heavy (non-hydrogen) atoms. The van der Waals surface area contributed by atoms with Gasteiger partial charge in [0.1, 0.15) is 17.9 Å². The van der Waals surface area contributed by atoms with Gasteiger partial charge in [-0.3, -0.25) is 4.90 Å². The molecule has 6 nitrogen and oxygen atoms in total. The van der Waals surface area contributed by atoms with E-state index >= 15 is 0 Å². The molecular weight excluding hydrogens is 309 g/mol. The van der Waals surface area contributed by atoms with Crippen LogP contribution in [0.2, 0.25) is 0 Å². The molecule has 0 saturated heterocycles. The van der Waals surface area contributed by atoms with Crippen LogP contribution in [0.3, 0.4) is 0 Å². The Hall–Kier alpha value is -2.57. The van der Waals surface area contributed by atoms with Gasteiger partial charge in [0.15, 0.2) is 0 Å². The van der Waals surface area contributed by atoms with Crippen LogP contribution in [0, 0.1) is 5.82 Å². The Morgan fingerprint density at radius 1 is 1.50 bits per heavy atom. The van der Waals surface area contributed by atoms with Gasteiger partial charge in [0.2, 0.25) is 5.96 Å². The molecule has 0 fully saturated rings. The van der Waals surface area contributed by atoms with Crippen LogP contribution in [0.5, 0.6) is 5.75 Å². The third kappa shape index (κ3) is 4.04. The van der Waals surface area contributed by atoms with Crippen LogP contribution >= 0.6 is 0 Å². The summed E-state index contributed by atoms with van der Waals surface area (Å²) in [5.41, 5.74) is 4.23. The maximum Gasteiger partial charge on any atom is 0.204 e. The molecule has 1 aliphatic rings. The van der Waals surface area contributed by atoms with Crippen molar-refractivity contribution in [2.24, 2.45) is 10.1 Å². The Kier molecular flexibility index (Phi) is 6.17. The second kappa shape index (κ2) is 8.33. The number of nitrogens with one attached hydrogen (secondary N) is 2. The van der Waals surface area contributed by atoms with Gasteiger partial charge in [-0.25, -0.2) is 9.38 Å². The molecule has 7 heteroatoms. The third-order valence-corrected chi connectivity index (χ3v) is 3.69. The number of halogens is 1. The zero-order valence-electron chi connectivity index (χ0n) is 14.3.